The van der Waals surface area contributed by atoms with Crippen molar-refractivity contribution < 1.29 is 23.7 Å². The van der Waals surface area contributed by atoms with Crippen LogP contribution in [0.1, 0.15) is 15.9 Å². The second-order valence-electron chi connectivity index (χ2n) is 6.17. The number of pyridine rings is 1. The molecule has 0 saturated carbocycles. The number of rotatable bonds is 5. The molecule has 0 unspecified atom stereocenters. The fraction of sp³-hybridized carbons (Fsp3) is 0.200. The summed E-state index contributed by atoms with van der Waals surface area (Å²) in [6.07, 6.45) is 0. The number of carbonyl (C=O) groups is 1. The standard InChI is InChI=1S/C20H18N2O6/c1-25-16-7-12-5-13(20(24)22-14(12)8-17(16)26-2)9-21-19(23)11-3-4-15-18(6-11)28-10-27-15/h3-8H,9-10H2,1-2H3,(H,21,23)(H,22,24). The van der Waals surface area contributed by atoms with E-state index in [1.165, 1.54) is 7.11 Å². The topological polar surface area (TPSA) is 98.9 Å². The van der Waals surface area contributed by atoms with Crippen LogP contribution < -0.4 is 29.8 Å². The van der Waals surface area contributed by atoms with Gasteiger partial charge in [-0.1, -0.05) is 0 Å². The molecule has 3 aromatic rings. The number of H-pyrrole nitrogens is 1. The Kier molecular flexibility index (Phi) is 4.52. The molecular formula is C20H18N2O6. The summed E-state index contributed by atoms with van der Waals surface area (Å²) in [5.41, 5.74) is 1.18. The molecule has 144 valence electrons. The number of aromatic amines is 1. The van der Waals surface area contributed by atoms with Crippen LogP contribution in [0.5, 0.6) is 23.0 Å². The van der Waals surface area contributed by atoms with Crippen molar-refractivity contribution in [1.29, 1.82) is 0 Å². The van der Waals surface area contributed by atoms with Gasteiger partial charge in [0.2, 0.25) is 6.79 Å². The SMILES string of the molecule is COc1cc2cc(CNC(=O)c3ccc4c(c3)OCO4)c(=O)[nH]c2cc1OC. The Morgan fingerprint density at radius 1 is 1.07 bits per heavy atom. The molecule has 0 fully saturated rings. The van der Waals surface area contributed by atoms with Gasteiger partial charge in [-0.25, -0.2) is 0 Å². The molecule has 0 atom stereocenters. The van der Waals surface area contributed by atoms with Crippen molar-refractivity contribution in [3.8, 4) is 23.0 Å². The maximum absolute atomic E-state index is 12.4. The molecule has 0 radical (unpaired) electrons. The van der Waals surface area contributed by atoms with E-state index in [1.807, 2.05) is 0 Å². The first-order valence-electron chi connectivity index (χ1n) is 8.55. The summed E-state index contributed by atoms with van der Waals surface area (Å²) in [4.78, 5) is 27.6. The van der Waals surface area contributed by atoms with Crippen LogP contribution in [0.15, 0.2) is 41.2 Å². The monoisotopic (exact) mass is 382 g/mol. The van der Waals surface area contributed by atoms with Crippen molar-refractivity contribution in [2.75, 3.05) is 21.0 Å². The number of carbonyl (C=O) groups excluding carboxylic acids is 1. The van der Waals surface area contributed by atoms with Crippen LogP contribution in [0.2, 0.25) is 0 Å². The summed E-state index contributed by atoms with van der Waals surface area (Å²) < 4.78 is 21.1. The molecule has 2 heterocycles. The van der Waals surface area contributed by atoms with Gasteiger partial charge in [-0.05, 0) is 30.3 Å². The van der Waals surface area contributed by atoms with E-state index in [2.05, 4.69) is 10.3 Å². The maximum Gasteiger partial charge on any atom is 0.253 e. The first-order valence-corrected chi connectivity index (χ1v) is 8.55. The van der Waals surface area contributed by atoms with Gasteiger partial charge in [0.05, 0.1) is 19.7 Å². The molecular weight excluding hydrogens is 364 g/mol. The van der Waals surface area contributed by atoms with Crippen LogP contribution in [0.3, 0.4) is 0 Å². The predicted molar refractivity (Wildman–Crippen MR) is 101 cm³/mol. The van der Waals surface area contributed by atoms with Crippen LogP contribution >= 0.6 is 0 Å². The van der Waals surface area contributed by atoms with Crippen molar-refractivity contribution in [3.63, 3.8) is 0 Å². The predicted octanol–water partition coefficient (Wildman–Crippen LogP) is 2.20. The highest BCUT2D eigenvalue weighted by molar-refractivity contribution is 5.95. The van der Waals surface area contributed by atoms with Crippen molar-refractivity contribution >= 4 is 16.8 Å². The Bertz CT molecular complexity index is 1120. The van der Waals surface area contributed by atoms with E-state index in [1.54, 1.807) is 43.5 Å². The smallest absolute Gasteiger partial charge is 0.253 e. The number of hydrogen-bond acceptors (Lipinski definition) is 6. The fourth-order valence-corrected chi connectivity index (χ4v) is 3.02. The molecule has 1 amide bonds. The normalized spacial score (nSPS) is 12.1. The molecule has 0 aliphatic carbocycles. The summed E-state index contributed by atoms with van der Waals surface area (Å²) >= 11 is 0. The van der Waals surface area contributed by atoms with Gasteiger partial charge in [-0.3, -0.25) is 9.59 Å². The Morgan fingerprint density at radius 3 is 2.61 bits per heavy atom. The van der Waals surface area contributed by atoms with E-state index in [0.29, 0.717) is 39.6 Å². The Morgan fingerprint density at radius 2 is 1.82 bits per heavy atom. The number of benzene rings is 2. The van der Waals surface area contributed by atoms with Crippen molar-refractivity contribution in [2.24, 2.45) is 0 Å². The molecule has 0 spiro atoms. The number of aromatic nitrogens is 1. The van der Waals surface area contributed by atoms with Crippen LogP contribution in [-0.4, -0.2) is 31.9 Å². The van der Waals surface area contributed by atoms with Gasteiger partial charge < -0.3 is 29.2 Å². The van der Waals surface area contributed by atoms with Gasteiger partial charge in [0.25, 0.3) is 11.5 Å². The molecule has 8 heteroatoms. The zero-order valence-electron chi connectivity index (χ0n) is 15.3. The van der Waals surface area contributed by atoms with Crippen LogP contribution in [0.4, 0.5) is 0 Å². The highest BCUT2D eigenvalue weighted by Gasteiger charge is 2.16. The van der Waals surface area contributed by atoms with E-state index in [0.717, 1.165) is 5.39 Å². The van der Waals surface area contributed by atoms with Gasteiger partial charge >= 0.3 is 0 Å². The molecule has 28 heavy (non-hydrogen) atoms. The van der Waals surface area contributed by atoms with Gasteiger partial charge in [-0.2, -0.15) is 0 Å². The summed E-state index contributed by atoms with van der Waals surface area (Å²) in [5.74, 6) is 1.89. The molecule has 1 aromatic heterocycles. The lowest BCUT2D eigenvalue weighted by atomic mass is 10.1. The first kappa shape index (κ1) is 17.7. The Balaban J connectivity index is 1.56. The zero-order valence-corrected chi connectivity index (χ0v) is 15.3. The second-order valence-corrected chi connectivity index (χ2v) is 6.17. The summed E-state index contributed by atoms with van der Waals surface area (Å²) in [6, 6.07) is 10.1. The fourth-order valence-electron chi connectivity index (χ4n) is 3.02. The van der Waals surface area contributed by atoms with Crippen LogP contribution in [0, 0.1) is 0 Å². The van der Waals surface area contributed by atoms with E-state index in [-0.39, 0.29) is 24.8 Å². The second kappa shape index (κ2) is 7.15. The zero-order chi connectivity index (χ0) is 19.7. The molecule has 0 saturated heterocycles. The minimum absolute atomic E-state index is 0.0763. The van der Waals surface area contributed by atoms with Crippen LogP contribution in [-0.2, 0) is 6.54 Å². The van der Waals surface area contributed by atoms with Crippen LogP contribution in [0.25, 0.3) is 10.9 Å². The lowest BCUT2D eigenvalue weighted by Gasteiger charge is -2.10. The average molecular weight is 382 g/mol. The van der Waals surface area contributed by atoms with Crippen molar-refractivity contribution in [1.82, 2.24) is 10.3 Å². The maximum atomic E-state index is 12.4. The quantitative estimate of drug-likeness (QED) is 0.702. The van der Waals surface area contributed by atoms with E-state index >= 15 is 0 Å². The average Bonchev–Trinajstić information content (AvgIpc) is 3.18. The molecule has 1 aliphatic rings. The van der Waals surface area contributed by atoms with E-state index < -0.39 is 0 Å². The number of methoxy groups -OCH3 is 2. The molecule has 8 nitrogen and oxygen atoms in total. The summed E-state index contributed by atoms with van der Waals surface area (Å²) in [5, 5.41) is 3.52. The molecule has 4 rings (SSSR count). The lowest BCUT2D eigenvalue weighted by molar-refractivity contribution is 0.0950. The third kappa shape index (κ3) is 3.20. The molecule has 0 bridgehead atoms. The Labute approximate surface area is 160 Å². The minimum atomic E-state index is -0.315. The number of ether oxygens (including phenoxy) is 4. The number of fused-ring (bicyclic) bond motifs is 2. The van der Waals surface area contributed by atoms with E-state index in [4.69, 9.17) is 18.9 Å². The number of hydrogen-bond donors (Lipinski definition) is 2. The summed E-state index contributed by atoms with van der Waals surface area (Å²) in [6.45, 7) is 0.216. The highest BCUT2D eigenvalue weighted by atomic mass is 16.7. The van der Waals surface area contributed by atoms with Crippen molar-refractivity contribution in [2.45, 2.75) is 6.54 Å². The third-order valence-corrected chi connectivity index (χ3v) is 4.50. The van der Waals surface area contributed by atoms with Crippen molar-refractivity contribution in [3.05, 3.63) is 57.9 Å². The largest absolute Gasteiger partial charge is 0.493 e. The molecule has 1 aliphatic heterocycles. The highest BCUT2D eigenvalue weighted by Crippen LogP contribution is 2.33. The van der Waals surface area contributed by atoms with Gasteiger partial charge in [0.15, 0.2) is 23.0 Å². The van der Waals surface area contributed by atoms with E-state index in [9.17, 15) is 9.59 Å². The lowest BCUT2D eigenvalue weighted by Crippen LogP contribution is -2.26. The minimum Gasteiger partial charge on any atom is -0.493 e. The van der Waals surface area contributed by atoms with Gasteiger partial charge in [0, 0.05) is 29.1 Å². The summed E-state index contributed by atoms with van der Waals surface area (Å²) in [7, 11) is 3.07. The van der Waals surface area contributed by atoms with Gasteiger partial charge in [0.1, 0.15) is 0 Å². The number of nitrogens with one attached hydrogen (secondary N) is 2. The first-order chi connectivity index (χ1) is 13.6. The van der Waals surface area contributed by atoms with Gasteiger partial charge in [-0.15, -0.1) is 0 Å². The third-order valence-electron chi connectivity index (χ3n) is 4.50. The molecule has 2 aromatic carbocycles. The Hall–Kier alpha value is -3.68. The number of amides is 1. The molecule has 2 N–H and O–H groups in total.